The van der Waals surface area contributed by atoms with Crippen molar-refractivity contribution in [3.05, 3.63) is 24.3 Å². The largest absolute Gasteiger partial charge is 0.344 e. The molecule has 3 fully saturated rings. The number of hydrogen-bond donors (Lipinski definition) is 0. The highest BCUT2D eigenvalue weighted by atomic mass is 79.9. The predicted octanol–water partition coefficient (Wildman–Crippen LogP) is 3.16. The zero-order chi connectivity index (χ0) is 11.9. The summed E-state index contributed by atoms with van der Waals surface area (Å²) in [6.07, 6.45) is 2.60. The third kappa shape index (κ3) is 2.39. The summed E-state index contributed by atoms with van der Waals surface area (Å²) in [5, 5.41) is 1.23. The Morgan fingerprint density at radius 3 is 2.63 bits per heavy atom. The van der Waals surface area contributed by atoms with Gasteiger partial charge in [0.1, 0.15) is 0 Å². The standard InChI is InChI=1S/C14H17N3S.BrH/c1-2-4-13-12(3-1)15-14(18-13)17-10-9-16-7-5-11(17)6-8-16;/h1-4,11H,5-10H2;1H. The van der Waals surface area contributed by atoms with Crippen LogP contribution in [0.2, 0.25) is 0 Å². The molecule has 1 aromatic heterocycles. The van der Waals surface area contributed by atoms with Crippen molar-refractivity contribution < 1.29 is 0 Å². The molecule has 0 aliphatic carbocycles. The normalized spacial score (nSPS) is 26.2. The lowest BCUT2D eigenvalue weighted by Gasteiger charge is -2.31. The summed E-state index contributed by atoms with van der Waals surface area (Å²) in [6, 6.07) is 9.18. The molecule has 0 spiro atoms. The van der Waals surface area contributed by atoms with E-state index in [1.54, 1.807) is 0 Å². The summed E-state index contributed by atoms with van der Waals surface area (Å²) in [5.41, 5.74) is 1.15. The molecule has 0 saturated carbocycles. The maximum atomic E-state index is 4.82. The SMILES string of the molecule is Br.c1ccc2sc(N3CCN4CCC3CC4)nc2c1. The molecule has 19 heavy (non-hydrogen) atoms. The number of anilines is 1. The van der Waals surface area contributed by atoms with Crippen LogP contribution in [0.25, 0.3) is 10.2 Å². The van der Waals surface area contributed by atoms with Gasteiger partial charge in [-0.25, -0.2) is 4.98 Å². The number of halogens is 1. The average Bonchev–Trinajstić information content (AvgIpc) is 2.61. The molecule has 3 nitrogen and oxygen atoms in total. The molecule has 5 heteroatoms. The zero-order valence-electron chi connectivity index (χ0n) is 10.8. The van der Waals surface area contributed by atoms with E-state index in [1.165, 1.54) is 42.3 Å². The highest BCUT2D eigenvalue weighted by Crippen LogP contribution is 2.33. The lowest BCUT2D eigenvalue weighted by Crippen LogP contribution is -2.37. The van der Waals surface area contributed by atoms with Crippen molar-refractivity contribution in [3.8, 4) is 0 Å². The highest BCUT2D eigenvalue weighted by Gasteiger charge is 2.30. The quantitative estimate of drug-likeness (QED) is 0.795. The predicted molar refractivity (Wildman–Crippen MR) is 86.8 cm³/mol. The molecular weight excluding hydrogens is 322 g/mol. The summed E-state index contributed by atoms with van der Waals surface area (Å²) in [5.74, 6) is 0. The fourth-order valence-electron chi connectivity index (χ4n) is 3.12. The van der Waals surface area contributed by atoms with Crippen LogP contribution in [0.5, 0.6) is 0 Å². The third-order valence-corrected chi connectivity index (χ3v) is 5.26. The molecule has 0 unspecified atom stereocenters. The first-order valence-corrected chi connectivity index (χ1v) is 7.56. The van der Waals surface area contributed by atoms with Crippen LogP contribution >= 0.6 is 28.3 Å². The van der Waals surface area contributed by atoms with Gasteiger partial charge in [0, 0.05) is 32.2 Å². The lowest BCUT2D eigenvalue weighted by molar-refractivity contribution is 0.250. The van der Waals surface area contributed by atoms with Gasteiger partial charge >= 0.3 is 0 Å². The molecule has 0 amide bonds. The Hall–Kier alpha value is -0.650. The van der Waals surface area contributed by atoms with E-state index < -0.39 is 0 Å². The van der Waals surface area contributed by atoms with Crippen molar-refractivity contribution in [3.63, 3.8) is 0 Å². The monoisotopic (exact) mass is 339 g/mol. The minimum absolute atomic E-state index is 0. The number of piperidine rings is 1. The number of aromatic nitrogens is 1. The molecule has 2 bridgehead atoms. The molecular formula is C14H18BrN3S. The fourth-order valence-corrected chi connectivity index (χ4v) is 4.18. The third-order valence-electron chi connectivity index (χ3n) is 4.18. The van der Waals surface area contributed by atoms with Crippen molar-refractivity contribution in [2.45, 2.75) is 18.9 Å². The number of para-hydroxylation sites is 1. The molecule has 2 aromatic rings. The van der Waals surface area contributed by atoms with Gasteiger partial charge in [-0.05, 0) is 25.0 Å². The number of benzene rings is 1. The summed E-state index contributed by atoms with van der Waals surface area (Å²) < 4.78 is 1.31. The van der Waals surface area contributed by atoms with Crippen LogP contribution in [0.3, 0.4) is 0 Å². The van der Waals surface area contributed by atoms with Gasteiger partial charge < -0.3 is 9.80 Å². The fraction of sp³-hybridized carbons (Fsp3) is 0.500. The summed E-state index contributed by atoms with van der Waals surface area (Å²) in [6.45, 7) is 4.88. The molecule has 1 aromatic carbocycles. The van der Waals surface area contributed by atoms with Gasteiger partial charge in [0.2, 0.25) is 0 Å². The zero-order valence-corrected chi connectivity index (χ0v) is 13.3. The molecule has 3 saturated heterocycles. The highest BCUT2D eigenvalue weighted by molar-refractivity contribution is 8.93. The Morgan fingerprint density at radius 2 is 1.84 bits per heavy atom. The topological polar surface area (TPSA) is 19.4 Å². The Morgan fingerprint density at radius 1 is 1.05 bits per heavy atom. The van der Waals surface area contributed by atoms with Gasteiger partial charge in [0.15, 0.2) is 5.13 Å². The van der Waals surface area contributed by atoms with Crippen molar-refractivity contribution in [2.24, 2.45) is 0 Å². The molecule has 3 aliphatic rings. The van der Waals surface area contributed by atoms with Crippen molar-refractivity contribution in [2.75, 3.05) is 31.1 Å². The van der Waals surface area contributed by atoms with Crippen LogP contribution in [0.1, 0.15) is 12.8 Å². The van der Waals surface area contributed by atoms with E-state index >= 15 is 0 Å². The second-order valence-corrected chi connectivity index (χ2v) is 6.24. The van der Waals surface area contributed by atoms with Gasteiger partial charge in [-0.15, -0.1) is 17.0 Å². The van der Waals surface area contributed by atoms with E-state index in [0.29, 0.717) is 6.04 Å². The van der Waals surface area contributed by atoms with Crippen molar-refractivity contribution in [1.82, 2.24) is 9.88 Å². The van der Waals surface area contributed by atoms with E-state index in [9.17, 15) is 0 Å². The first-order chi connectivity index (χ1) is 8.90. The van der Waals surface area contributed by atoms with E-state index in [-0.39, 0.29) is 17.0 Å². The van der Waals surface area contributed by atoms with E-state index in [2.05, 4.69) is 34.1 Å². The number of nitrogens with zero attached hydrogens (tertiary/aromatic N) is 3. The van der Waals surface area contributed by atoms with Crippen molar-refractivity contribution in [1.29, 1.82) is 0 Å². The lowest BCUT2D eigenvalue weighted by atomic mass is 10.1. The minimum atomic E-state index is 0. The van der Waals surface area contributed by atoms with Crippen LogP contribution < -0.4 is 4.90 Å². The van der Waals surface area contributed by atoms with Gasteiger partial charge in [0.25, 0.3) is 0 Å². The summed E-state index contributed by atoms with van der Waals surface area (Å²) in [7, 11) is 0. The number of fused-ring (bicyclic) bond motifs is 5. The second kappa shape index (κ2) is 5.38. The van der Waals surface area contributed by atoms with Crippen LogP contribution in [-0.4, -0.2) is 42.1 Å². The Labute approximate surface area is 128 Å². The van der Waals surface area contributed by atoms with Gasteiger partial charge in [-0.1, -0.05) is 23.5 Å². The first kappa shape index (κ1) is 13.3. The van der Waals surface area contributed by atoms with Gasteiger partial charge in [-0.3, -0.25) is 0 Å². The van der Waals surface area contributed by atoms with E-state index in [1.807, 2.05) is 11.3 Å². The van der Waals surface area contributed by atoms with E-state index in [0.717, 1.165) is 12.1 Å². The minimum Gasteiger partial charge on any atom is -0.344 e. The molecule has 4 heterocycles. The number of hydrogen-bond acceptors (Lipinski definition) is 4. The van der Waals surface area contributed by atoms with Gasteiger partial charge in [-0.2, -0.15) is 0 Å². The number of rotatable bonds is 1. The summed E-state index contributed by atoms with van der Waals surface area (Å²) >= 11 is 1.85. The number of thiazole rings is 1. The smallest absolute Gasteiger partial charge is 0.186 e. The molecule has 102 valence electrons. The summed E-state index contributed by atoms with van der Waals surface area (Å²) in [4.78, 5) is 9.96. The Bertz CT molecular complexity index is 530. The van der Waals surface area contributed by atoms with E-state index in [4.69, 9.17) is 4.98 Å². The van der Waals surface area contributed by atoms with Crippen LogP contribution in [0.15, 0.2) is 24.3 Å². The van der Waals surface area contributed by atoms with Crippen molar-refractivity contribution >= 4 is 43.7 Å². The van der Waals surface area contributed by atoms with Crippen LogP contribution in [-0.2, 0) is 0 Å². The maximum Gasteiger partial charge on any atom is 0.186 e. The second-order valence-electron chi connectivity index (χ2n) is 5.23. The average molecular weight is 340 g/mol. The Kier molecular flexibility index (Phi) is 3.78. The van der Waals surface area contributed by atoms with Crippen LogP contribution in [0, 0.1) is 0 Å². The van der Waals surface area contributed by atoms with Crippen LogP contribution in [0.4, 0.5) is 5.13 Å². The molecule has 0 N–H and O–H groups in total. The van der Waals surface area contributed by atoms with Gasteiger partial charge in [0.05, 0.1) is 10.2 Å². The molecule has 0 radical (unpaired) electrons. The molecule has 3 aliphatic heterocycles. The molecule has 0 atom stereocenters. The maximum absolute atomic E-state index is 4.82. The first-order valence-electron chi connectivity index (χ1n) is 6.75. The molecule has 5 rings (SSSR count). The Balaban J connectivity index is 0.00000110.